The monoisotopic (exact) mass is 328 g/mol. The lowest BCUT2D eigenvalue weighted by molar-refractivity contribution is 0.153. The van der Waals surface area contributed by atoms with Gasteiger partial charge in [-0.3, -0.25) is 4.90 Å². The Morgan fingerprint density at radius 3 is 2.63 bits per heavy atom. The molecule has 19 heavy (non-hydrogen) atoms. The molecular weight excluding hydrogens is 307 g/mol. The summed E-state index contributed by atoms with van der Waals surface area (Å²) in [6.45, 7) is 8.54. The van der Waals surface area contributed by atoms with E-state index >= 15 is 0 Å². The van der Waals surface area contributed by atoms with Gasteiger partial charge in [-0.2, -0.15) is 0 Å². The predicted molar refractivity (Wildman–Crippen MR) is 80.7 cm³/mol. The van der Waals surface area contributed by atoms with Gasteiger partial charge in [0.25, 0.3) is 0 Å². The second-order valence-corrected chi connectivity index (χ2v) is 6.45. The van der Waals surface area contributed by atoms with E-state index in [-0.39, 0.29) is 5.82 Å². The number of piperazine rings is 1. The van der Waals surface area contributed by atoms with Gasteiger partial charge in [0.1, 0.15) is 5.82 Å². The van der Waals surface area contributed by atoms with E-state index in [9.17, 15) is 4.39 Å². The molecule has 1 aromatic carbocycles. The fraction of sp³-hybridized carbons (Fsp3) is 0.600. The molecule has 2 nitrogen and oxygen atoms in total. The summed E-state index contributed by atoms with van der Waals surface area (Å²) in [6, 6.07) is 5.31. The summed E-state index contributed by atoms with van der Waals surface area (Å²) >= 11 is 3.58. The third-order valence-electron chi connectivity index (χ3n) is 3.60. The first-order chi connectivity index (χ1) is 9.08. The minimum atomic E-state index is -0.151. The van der Waals surface area contributed by atoms with Gasteiger partial charge >= 0.3 is 0 Å². The number of rotatable bonds is 4. The molecule has 1 saturated heterocycles. The van der Waals surface area contributed by atoms with Crippen molar-refractivity contribution in [1.29, 1.82) is 0 Å². The molecular formula is C15H22BrFN2. The van der Waals surface area contributed by atoms with Gasteiger partial charge in [-0.25, -0.2) is 4.39 Å². The Labute approximate surface area is 123 Å². The molecule has 1 aliphatic heterocycles. The summed E-state index contributed by atoms with van der Waals surface area (Å²) in [4.78, 5) is 2.47. The Morgan fingerprint density at radius 1 is 1.32 bits per heavy atom. The lowest BCUT2D eigenvalue weighted by Gasteiger charge is -2.36. The summed E-state index contributed by atoms with van der Waals surface area (Å²) in [7, 11) is 0. The van der Waals surface area contributed by atoms with Crippen molar-refractivity contribution < 1.29 is 4.39 Å². The van der Waals surface area contributed by atoms with E-state index in [0.717, 1.165) is 42.6 Å². The number of halogens is 2. The molecule has 0 radical (unpaired) electrons. The van der Waals surface area contributed by atoms with E-state index in [1.54, 1.807) is 6.07 Å². The molecule has 0 amide bonds. The molecule has 0 unspecified atom stereocenters. The summed E-state index contributed by atoms with van der Waals surface area (Å²) in [6.07, 6.45) is 1.06. The zero-order chi connectivity index (χ0) is 13.8. The molecule has 2 rings (SSSR count). The maximum absolute atomic E-state index is 13.6. The zero-order valence-corrected chi connectivity index (χ0v) is 13.2. The van der Waals surface area contributed by atoms with Crippen molar-refractivity contribution in [2.75, 3.05) is 26.2 Å². The van der Waals surface area contributed by atoms with E-state index in [1.807, 2.05) is 6.07 Å². The van der Waals surface area contributed by atoms with Crippen molar-refractivity contribution >= 4 is 15.9 Å². The third kappa shape index (κ3) is 4.01. The van der Waals surface area contributed by atoms with Crippen LogP contribution in [0.25, 0.3) is 0 Å². The van der Waals surface area contributed by atoms with E-state index in [0.29, 0.717) is 12.0 Å². The minimum Gasteiger partial charge on any atom is -0.314 e. The topological polar surface area (TPSA) is 15.3 Å². The van der Waals surface area contributed by atoms with Gasteiger partial charge in [0.2, 0.25) is 0 Å². The highest BCUT2D eigenvalue weighted by Gasteiger charge is 2.24. The fourth-order valence-corrected chi connectivity index (χ4v) is 3.19. The van der Waals surface area contributed by atoms with Crippen LogP contribution in [0.3, 0.4) is 0 Å². The summed E-state index contributed by atoms with van der Waals surface area (Å²) in [5, 5.41) is 3.37. The highest BCUT2D eigenvalue weighted by atomic mass is 79.9. The Morgan fingerprint density at radius 2 is 2.00 bits per heavy atom. The first-order valence-electron chi connectivity index (χ1n) is 6.97. The van der Waals surface area contributed by atoms with Crippen LogP contribution >= 0.6 is 15.9 Å². The van der Waals surface area contributed by atoms with Crippen LogP contribution in [0.5, 0.6) is 0 Å². The average molecular weight is 329 g/mol. The summed E-state index contributed by atoms with van der Waals surface area (Å²) in [5.41, 5.74) is 1.08. The Hall–Kier alpha value is -0.450. The zero-order valence-electron chi connectivity index (χ0n) is 11.6. The normalized spacial score (nSPS) is 18.8. The fourth-order valence-electron chi connectivity index (χ4n) is 2.68. The van der Waals surface area contributed by atoms with Gasteiger partial charge in [-0.1, -0.05) is 29.8 Å². The average Bonchev–Trinajstić information content (AvgIpc) is 2.40. The van der Waals surface area contributed by atoms with Crippen LogP contribution in [0.4, 0.5) is 4.39 Å². The van der Waals surface area contributed by atoms with Gasteiger partial charge in [0.05, 0.1) is 0 Å². The molecule has 0 spiro atoms. The van der Waals surface area contributed by atoms with E-state index < -0.39 is 0 Å². The van der Waals surface area contributed by atoms with Gasteiger partial charge in [0.15, 0.2) is 0 Å². The Kier molecular flexibility index (Phi) is 5.37. The third-order valence-corrected chi connectivity index (χ3v) is 4.33. The summed E-state index contributed by atoms with van der Waals surface area (Å²) in [5.74, 6) is 0.442. The molecule has 1 atom stereocenters. The predicted octanol–water partition coefficient (Wildman–Crippen LogP) is 3.58. The maximum atomic E-state index is 13.6. The molecule has 0 saturated carbocycles. The summed E-state index contributed by atoms with van der Waals surface area (Å²) < 4.78 is 14.6. The molecule has 4 heteroatoms. The van der Waals surface area contributed by atoms with Gasteiger partial charge < -0.3 is 5.32 Å². The van der Waals surface area contributed by atoms with Gasteiger partial charge in [0, 0.05) is 36.7 Å². The van der Waals surface area contributed by atoms with E-state index in [1.165, 1.54) is 6.07 Å². The molecule has 0 aliphatic carbocycles. The van der Waals surface area contributed by atoms with E-state index in [2.05, 4.69) is 40.0 Å². The Balaban J connectivity index is 2.27. The van der Waals surface area contributed by atoms with Crippen molar-refractivity contribution in [2.24, 2.45) is 5.92 Å². The highest BCUT2D eigenvalue weighted by Crippen LogP contribution is 2.33. The number of benzene rings is 1. The van der Waals surface area contributed by atoms with Crippen LogP contribution in [0.2, 0.25) is 0 Å². The lowest BCUT2D eigenvalue weighted by Crippen LogP contribution is -2.45. The van der Waals surface area contributed by atoms with Gasteiger partial charge in [-0.15, -0.1) is 0 Å². The lowest BCUT2D eigenvalue weighted by atomic mass is 9.95. The molecule has 0 bridgehead atoms. The Bertz CT molecular complexity index is 417. The van der Waals surface area contributed by atoms with Crippen molar-refractivity contribution in [3.63, 3.8) is 0 Å². The largest absolute Gasteiger partial charge is 0.314 e. The van der Waals surface area contributed by atoms with Crippen LogP contribution in [0.1, 0.15) is 31.9 Å². The highest BCUT2D eigenvalue weighted by molar-refractivity contribution is 9.10. The van der Waals surface area contributed by atoms with Crippen LogP contribution in [0.15, 0.2) is 22.7 Å². The van der Waals surface area contributed by atoms with E-state index in [4.69, 9.17) is 0 Å². The minimum absolute atomic E-state index is 0.151. The molecule has 1 aliphatic rings. The molecule has 1 aromatic rings. The first kappa shape index (κ1) is 14.9. The number of hydrogen-bond donors (Lipinski definition) is 1. The molecule has 0 aromatic heterocycles. The molecule has 1 heterocycles. The van der Waals surface area contributed by atoms with Crippen LogP contribution in [0, 0.1) is 11.7 Å². The standard InChI is InChI=1S/C15H22BrFN2/c1-11(2)9-15(19-7-5-18-6-8-19)13-10-12(17)3-4-14(13)16/h3-4,10-11,15,18H,5-9H2,1-2H3/t15-/m0/s1. The number of nitrogens with zero attached hydrogens (tertiary/aromatic N) is 1. The smallest absolute Gasteiger partial charge is 0.123 e. The first-order valence-corrected chi connectivity index (χ1v) is 7.77. The maximum Gasteiger partial charge on any atom is 0.123 e. The van der Waals surface area contributed by atoms with Crippen molar-refractivity contribution in [2.45, 2.75) is 26.3 Å². The quantitative estimate of drug-likeness (QED) is 0.908. The van der Waals surface area contributed by atoms with Gasteiger partial charge in [-0.05, 0) is 36.1 Å². The SMILES string of the molecule is CC(C)C[C@@H](c1cc(F)ccc1Br)N1CCNCC1. The van der Waals surface area contributed by atoms with Crippen molar-refractivity contribution in [3.05, 3.63) is 34.1 Å². The number of nitrogens with one attached hydrogen (secondary N) is 1. The number of hydrogen-bond acceptors (Lipinski definition) is 2. The molecule has 1 fully saturated rings. The second kappa shape index (κ2) is 6.82. The van der Waals surface area contributed by atoms with Crippen molar-refractivity contribution in [1.82, 2.24) is 10.2 Å². The molecule has 106 valence electrons. The van der Waals surface area contributed by atoms with Crippen LogP contribution < -0.4 is 5.32 Å². The van der Waals surface area contributed by atoms with Crippen LogP contribution in [-0.4, -0.2) is 31.1 Å². The molecule has 1 N–H and O–H groups in total. The van der Waals surface area contributed by atoms with Crippen molar-refractivity contribution in [3.8, 4) is 0 Å². The second-order valence-electron chi connectivity index (χ2n) is 5.60. The van der Waals surface area contributed by atoms with Crippen LogP contribution in [-0.2, 0) is 0 Å².